The van der Waals surface area contributed by atoms with Gasteiger partial charge in [0.15, 0.2) is 5.54 Å². The van der Waals surface area contributed by atoms with Crippen LogP contribution < -0.4 is 15.7 Å². The Hall–Kier alpha value is -2.60. The lowest BCUT2D eigenvalue weighted by atomic mass is 10.0. The van der Waals surface area contributed by atoms with Gasteiger partial charge in [-0.3, -0.25) is 4.57 Å². The average molecular weight is 336 g/mol. The van der Waals surface area contributed by atoms with Gasteiger partial charge in [0.05, 0.1) is 12.3 Å². The summed E-state index contributed by atoms with van der Waals surface area (Å²) in [7, 11) is -3.24. The third-order valence-electron chi connectivity index (χ3n) is 3.86. The molecule has 0 spiro atoms. The maximum Gasteiger partial charge on any atom is 0.206 e. The molecule has 0 aliphatic carbocycles. The molecule has 0 aliphatic rings. The summed E-state index contributed by atoms with van der Waals surface area (Å²) in [6, 6.07) is 23.9. The van der Waals surface area contributed by atoms with Crippen LogP contribution in [0.5, 0.6) is 0 Å². The van der Waals surface area contributed by atoms with E-state index >= 15 is 0 Å². The second-order valence-corrected chi connectivity index (χ2v) is 8.08. The van der Waals surface area contributed by atoms with Gasteiger partial charge in [0.1, 0.15) is 5.76 Å². The number of nitrogens with one attached hydrogen (secondary N) is 1. The summed E-state index contributed by atoms with van der Waals surface area (Å²) in [6.45, 7) is 1.67. The highest BCUT2D eigenvalue weighted by Gasteiger charge is 2.39. The van der Waals surface area contributed by atoms with E-state index < -0.39 is 12.8 Å². The van der Waals surface area contributed by atoms with Crippen LogP contribution in [0.4, 0.5) is 0 Å². The van der Waals surface area contributed by atoms with Crippen LogP contribution in [0, 0.1) is 11.3 Å². The molecule has 2 aromatic carbocycles. The highest BCUT2D eigenvalue weighted by atomic mass is 31.2. The number of benzene rings is 2. The van der Waals surface area contributed by atoms with E-state index in [1.807, 2.05) is 36.4 Å². The normalized spacial score (nSPS) is 13.8. The van der Waals surface area contributed by atoms with Crippen LogP contribution in [0.15, 0.2) is 83.5 Å². The highest BCUT2D eigenvalue weighted by Crippen LogP contribution is 2.43. The van der Waals surface area contributed by atoms with E-state index in [1.54, 1.807) is 43.3 Å². The predicted octanol–water partition coefficient (Wildman–Crippen LogP) is 3.54. The Kier molecular flexibility index (Phi) is 4.40. The summed E-state index contributed by atoms with van der Waals surface area (Å²) >= 11 is 0. The number of nitrogens with zero attached hydrogens (tertiary/aromatic N) is 1. The highest BCUT2D eigenvalue weighted by molar-refractivity contribution is 7.77. The number of nitriles is 1. The van der Waals surface area contributed by atoms with Crippen LogP contribution >= 0.6 is 7.29 Å². The fourth-order valence-corrected chi connectivity index (χ4v) is 5.10. The Morgan fingerprint density at radius 2 is 1.50 bits per heavy atom. The van der Waals surface area contributed by atoms with Crippen molar-refractivity contribution in [2.75, 3.05) is 0 Å². The van der Waals surface area contributed by atoms with E-state index in [0.29, 0.717) is 16.4 Å². The van der Waals surface area contributed by atoms with Crippen molar-refractivity contribution in [2.45, 2.75) is 12.5 Å². The van der Waals surface area contributed by atoms with Gasteiger partial charge in [0.2, 0.25) is 7.29 Å². The Bertz CT molecular complexity index is 843. The van der Waals surface area contributed by atoms with E-state index in [-0.39, 0.29) is 0 Å². The van der Waals surface area contributed by atoms with Gasteiger partial charge in [-0.25, -0.2) is 5.09 Å². The molecule has 0 radical (unpaired) electrons. The summed E-state index contributed by atoms with van der Waals surface area (Å²) in [4.78, 5) is 0. The molecule has 0 saturated heterocycles. The Labute approximate surface area is 141 Å². The molecule has 3 rings (SSSR count). The zero-order chi connectivity index (χ0) is 17.0. The molecule has 3 aromatic rings. The maximum absolute atomic E-state index is 14.0. The number of hydrogen-bond acceptors (Lipinski definition) is 3. The monoisotopic (exact) mass is 336 g/mol. The maximum atomic E-state index is 14.0. The molecule has 1 N–H and O–H groups in total. The van der Waals surface area contributed by atoms with Crippen molar-refractivity contribution in [3.05, 3.63) is 84.8 Å². The molecule has 5 heteroatoms. The lowest BCUT2D eigenvalue weighted by molar-refractivity contribution is 0.406. The van der Waals surface area contributed by atoms with Crippen molar-refractivity contribution in [3.8, 4) is 6.07 Å². The summed E-state index contributed by atoms with van der Waals surface area (Å²) in [5.41, 5.74) is -1.22. The topological polar surface area (TPSA) is 66.0 Å². The van der Waals surface area contributed by atoms with Crippen molar-refractivity contribution < 1.29 is 8.98 Å². The van der Waals surface area contributed by atoms with Gasteiger partial charge in [0.25, 0.3) is 0 Å². The van der Waals surface area contributed by atoms with Gasteiger partial charge >= 0.3 is 0 Å². The first kappa shape index (κ1) is 16.3. The quantitative estimate of drug-likeness (QED) is 0.724. The first-order valence-electron chi connectivity index (χ1n) is 7.54. The van der Waals surface area contributed by atoms with Crippen molar-refractivity contribution in [2.24, 2.45) is 0 Å². The average Bonchev–Trinajstić information content (AvgIpc) is 3.18. The first-order chi connectivity index (χ1) is 11.6. The molecule has 1 heterocycles. The molecule has 120 valence electrons. The van der Waals surface area contributed by atoms with Crippen LogP contribution in [0.2, 0.25) is 0 Å². The Morgan fingerprint density at radius 3 is 1.92 bits per heavy atom. The third kappa shape index (κ3) is 2.92. The molecule has 0 fully saturated rings. The standard InChI is InChI=1S/C19H17N2O2P/c1-19(15-20,18-13-8-14-23-18)21-24(22,16-9-4-2-5-10-16)17-11-6-3-7-12-17/h2-14H,1H3,(H,21,22)/t19-/m1/s1. The molecule has 0 saturated carbocycles. The summed E-state index contributed by atoms with van der Waals surface area (Å²) in [6.07, 6.45) is 1.50. The third-order valence-corrected chi connectivity index (χ3v) is 6.67. The molecule has 1 aromatic heterocycles. The number of rotatable bonds is 5. The van der Waals surface area contributed by atoms with E-state index in [9.17, 15) is 9.83 Å². The Morgan fingerprint density at radius 1 is 0.958 bits per heavy atom. The van der Waals surface area contributed by atoms with Crippen LogP contribution in [-0.4, -0.2) is 0 Å². The molecular formula is C19H17N2O2P. The van der Waals surface area contributed by atoms with Gasteiger partial charge in [-0.05, 0) is 43.3 Å². The van der Waals surface area contributed by atoms with E-state index in [2.05, 4.69) is 11.2 Å². The zero-order valence-corrected chi connectivity index (χ0v) is 14.1. The molecule has 0 unspecified atom stereocenters. The van der Waals surface area contributed by atoms with Crippen LogP contribution in [-0.2, 0) is 10.1 Å². The molecular weight excluding hydrogens is 319 g/mol. The van der Waals surface area contributed by atoms with Crippen LogP contribution in [0.3, 0.4) is 0 Å². The van der Waals surface area contributed by atoms with Gasteiger partial charge < -0.3 is 4.42 Å². The fraction of sp³-hybridized carbons (Fsp3) is 0.105. The van der Waals surface area contributed by atoms with Gasteiger partial charge in [-0.15, -0.1) is 0 Å². The zero-order valence-electron chi connectivity index (χ0n) is 13.2. The van der Waals surface area contributed by atoms with Crippen molar-refractivity contribution in [1.29, 1.82) is 5.26 Å². The van der Waals surface area contributed by atoms with Gasteiger partial charge in [-0.1, -0.05) is 36.4 Å². The first-order valence-corrected chi connectivity index (χ1v) is 9.25. The molecule has 0 amide bonds. The molecule has 0 bridgehead atoms. The lowest BCUT2D eigenvalue weighted by Gasteiger charge is -2.29. The van der Waals surface area contributed by atoms with Gasteiger partial charge in [0, 0.05) is 10.6 Å². The summed E-state index contributed by atoms with van der Waals surface area (Å²) in [5.74, 6) is 0.428. The summed E-state index contributed by atoms with van der Waals surface area (Å²) < 4.78 is 19.4. The molecule has 0 aliphatic heterocycles. The molecule has 24 heavy (non-hydrogen) atoms. The molecule has 1 atom stereocenters. The minimum Gasteiger partial charge on any atom is -0.466 e. The largest absolute Gasteiger partial charge is 0.466 e. The van der Waals surface area contributed by atoms with Crippen LogP contribution in [0.25, 0.3) is 0 Å². The van der Waals surface area contributed by atoms with Crippen molar-refractivity contribution >= 4 is 17.9 Å². The van der Waals surface area contributed by atoms with E-state index in [4.69, 9.17) is 4.42 Å². The van der Waals surface area contributed by atoms with Crippen molar-refractivity contribution in [3.63, 3.8) is 0 Å². The second-order valence-electron chi connectivity index (χ2n) is 5.61. The Balaban J connectivity index is 2.14. The minimum absolute atomic E-state index is 0.428. The fourth-order valence-electron chi connectivity index (χ4n) is 2.57. The van der Waals surface area contributed by atoms with E-state index in [0.717, 1.165) is 0 Å². The molecule has 4 nitrogen and oxygen atoms in total. The van der Waals surface area contributed by atoms with Crippen molar-refractivity contribution in [1.82, 2.24) is 5.09 Å². The minimum atomic E-state index is -3.24. The van der Waals surface area contributed by atoms with E-state index in [1.165, 1.54) is 6.26 Å². The smallest absolute Gasteiger partial charge is 0.206 e. The SMILES string of the molecule is C[C@](C#N)(NP(=O)(c1ccccc1)c1ccccc1)c1ccco1. The predicted molar refractivity (Wildman–Crippen MR) is 94.6 cm³/mol. The lowest BCUT2D eigenvalue weighted by Crippen LogP contribution is -2.41. The van der Waals surface area contributed by atoms with Crippen LogP contribution in [0.1, 0.15) is 12.7 Å². The number of furan rings is 1. The number of hydrogen-bond donors (Lipinski definition) is 1. The van der Waals surface area contributed by atoms with Gasteiger partial charge in [-0.2, -0.15) is 5.26 Å². The summed E-state index contributed by atoms with van der Waals surface area (Å²) in [5, 5.41) is 14.1. The second kappa shape index (κ2) is 6.49.